The second kappa shape index (κ2) is 6.09. The van der Waals surface area contributed by atoms with E-state index in [-0.39, 0.29) is 0 Å². The van der Waals surface area contributed by atoms with Gasteiger partial charge in [-0.15, -0.1) is 0 Å². The molecule has 5 nitrogen and oxygen atoms in total. The molecule has 3 heterocycles. The van der Waals surface area contributed by atoms with Crippen molar-refractivity contribution < 1.29 is 0 Å². The average Bonchev–Trinajstić information content (AvgIpc) is 3.00. The standard InChI is InChI=1S/C12H19N5S2/c13-11(16-3-6-18-7-4-16)14-2-1-10-9-17-5-8-19-12(17)15-10/h9H,1-8H2,(H2,13,14). The summed E-state index contributed by atoms with van der Waals surface area (Å²) >= 11 is 3.81. The van der Waals surface area contributed by atoms with Crippen molar-refractivity contribution in [2.24, 2.45) is 10.7 Å². The van der Waals surface area contributed by atoms with Gasteiger partial charge in [-0.25, -0.2) is 4.98 Å². The molecule has 2 N–H and O–H groups in total. The molecular formula is C12H19N5S2. The normalized spacial score (nSPS) is 19.8. The molecule has 1 aromatic rings. The molecule has 0 radical (unpaired) electrons. The lowest BCUT2D eigenvalue weighted by Crippen LogP contribution is -2.42. The minimum atomic E-state index is 0.696. The zero-order chi connectivity index (χ0) is 13.1. The lowest BCUT2D eigenvalue weighted by atomic mass is 10.3. The number of fused-ring (bicyclic) bond motifs is 1. The van der Waals surface area contributed by atoms with Crippen LogP contribution < -0.4 is 5.73 Å². The Bertz CT molecular complexity index is 443. The van der Waals surface area contributed by atoms with Gasteiger partial charge in [0.2, 0.25) is 0 Å². The molecule has 2 aliphatic rings. The van der Waals surface area contributed by atoms with Crippen molar-refractivity contribution in [3.63, 3.8) is 0 Å². The van der Waals surface area contributed by atoms with E-state index in [2.05, 4.69) is 25.6 Å². The molecule has 0 saturated carbocycles. The zero-order valence-electron chi connectivity index (χ0n) is 10.9. The first-order valence-corrected chi connectivity index (χ1v) is 8.78. The van der Waals surface area contributed by atoms with Gasteiger partial charge < -0.3 is 15.2 Å². The number of hydrogen-bond acceptors (Lipinski definition) is 4. The van der Waals surface area contributed by atoms with Gasteiger partial charge in [0, 0.05) is 56.1 Å². The summed E-state index contributed by atoms with van der Waals surface area (Å²) in [6, 6.07) is 0. The maximum Gasteiger partial charge on any atom is 0.191 e. The van der Waals surface area contributed by atoms with Gasteiger partial charge in [0.15, 0.2) is 11.1 Å². The lowest BCUT2D eigenvalue weighted by molar-refractivity contribution is 0.456. The Labute approximate surface area is 122 Å². The van der Waals surface area contributed by atoms with Crippen molar-refractivity contribution in [1.82, 2.24) is 14.5 Å². The first-order valence-electron chi connectivity index (χ1n) is 6.64. The van der Waals surface area contributed by atoms with Gasteiger partial charge in [0.05, 0.1) is 5.69 Å². The Balaban J connectivity index is 1.51. The quantitative estimate of drug-likeness (QED) is 0.663. The Hall–Kier alpha value is -0.820. The van der Waals surface area contributed by atoms with E-state index in [0.717, 1.165) is 60.7 Å². The molecule has 7 heteroatoms. The Morgan fingerprint density at radius 3 is 2.95 bits per heavy atom. The van der Waals surface area contributed by atoms with Crippen LogP contribution in [0.2, 0.25) is 0 Å². The Morgan fingerprint density at radius 2 is 2.16 bits per heavy atom. The van der Waals surface area contributed by atoms with Gasteiger partial charge in [0.1, 0.15) is 0 Å². The number of aromatic nitrogens is 2. The molecular weight excluding hydrogens is 278 g/mol. The van der Waals surface area contributed by atoms with E-state index in [1.165, 1.54) is 0 Å². The molecule has 0 bridgehead atoms. The van der Waals surface area contributed by atoms with Crippen molar-refractivity contribution in [3.8, 4) is 0 Å². The summed E-state index contributed by atoms with van der Waals surface area (Å²) in [6.07, 6.45) is 3.03. The maximum atomic E-state index is 6.02. The summed E-state index contributed by atoms with van der Waals surface area (Å²) < 4.78 is 2.23. The van der Waals surface area contributed by atoms with Crippen molar-refractivity contribution in [2.45, 2.75) is 18.1 Å². The van der Waals surface area contributed by atoms with Gasteiger partial charge in [-0.1, -0.05) is 11.8 Å². The number of aryl methyl sites for hydroxylation is 1. The van der Waals surface area contributed by atoms with E-state index >= 15 is 0 Å². The van der Waals surface area contributed by atoms with Crippen molar-refractivity contribution in [1.29, 1.82) is 0 Å². The SMILES string of the molecule is NC(=NCCc1cn2c(n1)SCC2)N1CCSCC1. The summed E-state index contributed by atoms with van der Waals surface area (Å²) in [4.78, 5) is 11.3. The molecule has 0 aromatic carbocycles. The molecule has 1 saturated heterocycles. The first-order chi connectivity index (χ1) is 9.33. The molecule has 0 amide bonds. The van der Waals surface area contributed by atoms with E-state index in [1.54, 1.807) is 0 Å². The molecule has 2 aliphatic heterocycles. The van der Waals surface area contributed by atoms with Crippen LogP contribution in [0.3, 0.4) is 0 Å². The topological polar surface area (TPSA) is 59.4 Å². The van der Waals surface area contributed by atoms with E-state index < -0.39 is 0 Å². The number of nitrogens with zero attached hydrogens (tertiary/aromatic N) is 4. The Morgan fingerprint density at radius 1 is 1.32 bits per heavy atom. The van der Waals surface area contributed by atoms with Gasteiger partial charge in [-0.2, -0.15) is 11.8 Å². The fraction of sp³-hybridized carbons (Fsp3) is 0.667. The van der Waals surface area contributed by atoms with Crippen LogP contribution in [0.25, 0.3) is 0 Å². The largest absolute Gasteiger partial charge is 0.370 e. The maximum absolute atomic E-state index is 6.02. The van der Waals surface area contributed by atoms with Crippen LogP contribution >= 0.6 is 23.5 Å². The highest BCUT2D eigenvalue weighted by atomic mass is 32.2. The van der Waals surface area contributed by atoms with Crippen LogP contribution in [0.15, 0.2) is 16.3 Å². The molecule has 1 aromatic heterocycles. The number of rotatable bonds is 3. The van der Waals surface area contributed by atoms with E-state index in [0.29, 0.717) is 5.96 Å². The van der Waals surface area contributed by atoms with Crippen LogP contribution in [-0.2, 0) is 13.0 Å². The summed E-state index contributed by atoms with van der Waals surface area (Å²) in [6.45, 7) is 3.87. The smallest absolute Gasteiger partial charge is 0.191 e. The van der Waals surface area contributed by atoms with Gasteiger partial charge in [0.25, 0.3) is 0 Å². The second-order valence-corrected chi connectivity index (χ2v) is 6.93. The summed E-state index contributed by atoms with van der Waals surface area (Å²) in [5.41, 5.74) is 7.15. The fourth-order valence-electron chi connectivity index (χ4n) is 2.26. The molecule has 0 atom stereocenters. The second-order valence-electron chi connectivity index (χ2n) is 4.65. The van der Waals surface area contributed by atoms with Gasteiger partial charge >= 0.3 is 0 Å². The average molecular weight is 297 g/mol. The van der Waals surface area contributed by atoms with Crippen LogP contribution in [0.4, 0.5) is 0 Å². The molecule has 104 valence electrons. The highest BCUT2D eigenvalue weighted by Gasteiger charge is 2.14. The van der Waals surface area contributed by atoms with Crippen LogP contribution in [0.1, 0.15) is 5.69 Å². The van der Waals surface area contributed by atoms with Crippen molar-refractivity contribution >= 4 is 29.5 Å². The van der Waals surface area contributed by atoms with Crippen LogP contribution in [-0.4, -0.2) is 57.3 Å². The highest BCUT2D eigenvalue weighted by Crippen LogP contribution is 2.24. The monoisotopic (exact) mass is 297 g/mol. The van der Waals surface area contributed by atoms with Crippen molar-refractivity contribution in [2.75, 3.05) is 36.9 Å². The van der Waals surface area contributed by atoms with Gasteiger partial charge in [-0.05, 0) is 0 Å². The highest BCUT2D eigenvalue weighted by molar-refractivity contribution is 7.99. The Kier molecular flexibility index (Phi) is 4.22. The number of imidazole rings is 1. The molecule has 0 unspecified atom stereocenters. The van der Waals surface area contributed by atoms with Crippen LogP contribution in [0, 0.1) is 0 Å². The third kappa shape index (κ3) is 3.20. The minimum absolute atomic E-state index is 0.696. The number of aliphatic imine (C=N–C) groups is 1. The molecule has 0 aliphatic carbocycles. The number of thioether (sulfide) groups is 2. The van der Waals surface area contributed by atoms with E-state index in [4.69, 9.17) is 5.73 Å². The summed E-state index contributed by atoms with van der Waals surface area (Å²) in [7, 11) is 0. The van der Waals surface area contributed by atoms with E-state index in [1.807, 2.05) is 23.5 Å². The third-order valence-electron chi connectivity index (χ3n) is 3.33. The summed E-state index contributed by atoms with van der Waals surface area (Å²) in [5.74, 6) is 4.16. The predicted octanol–water partition coefficient (Wildman–Crippen LogP) is 0.895. The molecule has 1 fully saturated rings. The van der Waals surface area contributed by atoms with Crippen LogP contribution in [0.5, 0.6) is 0 Å². The third-order valence-corrected chi connectivity index (χ3v) is 5.24. The molecule has 3 rings (SSSR count). The zero-order valence-corrected chi connectivity index (χ0v) is 12.5. The van der Waals surface area contributed by atoms with Gasteiger partial charge in [-0.3, -0.25) is 4.99 Å². The minimum Gasteiger partial charge on any atom is -0.370 e. The number of guanidine groups is 1. The predicted molar refractivity (Wildman–Crippen MR) is 82.0 cm³/mol. The fourth-order valence-corrected chi connectivity index (χ4v) is 4.12. The molecule has 0 spiro atoms. The first kappa shape index (κ1) is 13.2. The molecule has 19 heavy (non-hydrogen) atoms. The van der Waals surface area contributed by atoms with E-state index in [9.17, 15) is 0 Å². The lowest BCUT2D eigenvalue weighted by Gasteiger charge is -2.27. The summed E-state index contributed by atoms with van der Waals surface area (Å²) in [5, 5.41) is 1.15. The number of nitrogens with two attached hydrogens (primary N) is 1. The number of hydrogen-bond donors (Lipinski definition) is 1. The van der Waals surface area contributed by atoms with Crippen molar-refractivity contribution in [3.05, 3.63) is 11.9 Å².